The number of hydrogen-bond acceptors (Lipinski definition) is 26. The van der Waals surface area contributed by atoms with Gasteiger partial charge in [0.2, 0.25) is 5.13 Å². The number of fused-ring (bicyclic) bond motifs is 2. The fraction of sp³-hybridized carbons (Fsp3) is 0.0682. The monoisotopic (exact) mass is 1150 g/mol. The minimum absolute atomic E-state index is 0. The molecule has 2 aromatic heterocycles. The number of anilines is 4. The first-order chi connectivity index (χ1) is 34.9. The van der Waals surface area contributed by atoms with Gasteiger partial charge in [0.15, 0.2) is 10.8 Å². The van der Waals surface area contributed by atoms with Gasteiger partial charge in [-0.05, 0) is 115 Å². The van der Waals surface area contributed by atoms with E-state index in [2.05, 4.69) is 56.5 Å². The third-order valence-electron chi connectivity index (χ3n) is 10.4. The zero-order valence-corrected chi connectivity index (χ0v) is 47.6. The van der Waals surface area contributed by atoms with Gasteiger partial charge in [-0.3, -0.25) is 5.04 Å². The first kappa shape index (κ1) is 70.9. The molecule has 24 nitrogen and oxygen atoms in total. The smallest absolute Gasteiger partial charge is 0.744 e. The molecule has 0 bridgehead atoms. The number of benzene rings is 6. The quantitative estimate of drug-likeness (QED) is 0.0241. The Morgan fingerprint density at radius 2 is 1.14 bits per heavy atom. The Hall–Kier alpha value is -4.23. The van der Waals surface area contributed by atoms with Crippen molar-refractivity contribution < 1.29 is 161 Å². The number of rotatable bonds is 15. The first-order valence-electron chi connectivity index (χ1n) is 20.3. The van der Waals surface area contributed by atoms with Crippen molar-refractivity contribution in [1.82, 2.24) is 9.97 Å². The van der Waals surface area contributed by atoms with Crippen LogP contribution in [0.3, 0.4) is 0 Å². The van der Waals surface area contributed by atoms with Crippen LogP contribution in [-0.2, 0) is 49.8 Å². The Balaban J connectivity index is 0.000000524. The second-order valence-electron chi connectivity index (χ2n) is 15.1. The molecule has 382 valence electrons. The van der Waals surface area contributed by atoms with Crippen LogP contribution < -0.4 is 110 Å². The Morgan fingerprint density at radius 1 is 0.608 bits per heavy atom. The van der Waals surface area contributed by atoms with Crippen molar-refractivity contribution in [2.45, 2.75) is 38.3 Å². The largest absolute Gasteiger partial charge is 1.00 e. The van der Waals surface area contributed by atoms with E-state index in [1.54, 1.807) is 13.8 Å². The Morgan fingerprint density at radius 3 is 1.66 bits per heavy atom. The number of aromatic nitrogens is 2. The summed E-state index contributed by atoms with van der Waals surface area (Å²) in [7, 11) is -18.2. The number of pyridine rings is 1. The molecule has 0 spiro atoms. The molecule has 6 aromatic carbocycles. The fourth-order valence-electron chi connectivity index (χ4n) is 6.88. The molecule has 0 aliphatic heterocycles. The molecule has 0 radical (unpaired) electrons. The molecule has 0 saturated carbocycles. The molecule has 0 aliphatic carbocycles. The van der Waals surface area contributed by atoms with E-state index in [1.165, 1.54) is 43.4 Å². The second kappa shape index (κ2) is 29.7. The van der Waals surface area contributed by atoms with Gasteiger partial charge in [0.05, 0.1) is 42.9 Å². The maximum Gasteiger partial charge on any atom is 1.00 e. The Kier molecular flexibility index (Phi) is 26.6. The van der Waals surface area contributed by atoms with E-state index in [4.69, 9.17) is 0 Å². The summed E-state index contributed by atoms with van der Waals surface area (Å²) in [4.78, 5) is 6.17. The molecule has 8 rings (SSSR count). The van der Waals surface area contributed by atoms with Crippen LogP contribution in [0.1, 0.15) is 16.7 Å². The van der Waals surface area contributed by atoms with Gasteiger partial charge in [0.25, 0.3) is 0 Å². The molecular formula is C44H30Li5N9O15S6. The third kappa shape index (κ3) is 17.9. The average Bonchev–Trinajstić information content (AvgIpc) is 3.75. The Bertz CT molecular complexity index is 4090. The summed E-state index contributed by atoms with van der Waals surface area (Å²) in [6.07, 6.45) is 0. The van der Waals surface area contributed by atoms with Crippen molar-refractivity contribution in [2.75, 3.05) is 17.7 Å². The molecule has 2 heterocycles. The standard InChI is InChI=1S/C24H17N5O9S4.C20H18N4O6S2.5Li/c1-25-29-24-26-22(15-7-6-13-4-2-3-5-14(13)8-15)23(39-24)28-27-16-9-18-19(20(10-16)41(31,32)33)11-17(40-38-37-30)12-21(18)42(34,35)36;1-12-13(2)19(22-14-3-7-16(8-4-14)31(25,26)27)24-20(18(12)11-21)23-15-5-9-17(10-6-15)32(28,29)30;;;;;/h2-12,30H,1H3,(H,31,32,33)(H,34,35,36);3-10H,1-2H3,(H2,22,23,24)(H,25,26,27)(H,28,29,30);;;;;/q;;5*+1/p-5. The number of thiazole rings is 1. The predicted molar refractivity (Wildman–Crippen MR) is 261 cm³/mol. The van der Waals surface area contributed by atoms with Crippen LogP contribution in [0.2, 0.25) is 0 Å². The van der Waals surface area contributed by atoms with Gasteiger partial charge in [-0.2, -0.15) is 14.7 Å². The number of hydrogen-bond donors (Lipinski definition) is 2. The van der Waals surface area contributed by atoms with Gasteiger partial charge < -0.3 is 34.1 Å². The minimum Gasteiger partial charge on any atom is -0.744 e. The van der Waals surface area contributed by atoms with E-state index >= 15 is 0 Å². The summed E-state index contributed by atoms with van der Waals surface area (Å²) in [6.45, 7) is 3.48. The molecule has 0 atom stereocenters. The topological polar surface area (TPSA) is 393 Å². The van der Waals surface area contributed by atoms with Crippen LogP contribution in [0.5, 0.6) is 0 Å². The van der Waals surface area contributed by atoms with Crippen LogP contribution in [-0.4, -0.2) is 68.9 Å². The minimum atomic E-state index is -5.24. The molecule has 0 unspecified atom stereocenters. The summed E-state index contributed by atoms with van der Waals surface area (Å²) < 4.78 is 143. The van der Waals surface area contributed by atoms with Crippen molar-refractivity contribution in [1.29, 1.82) is 5.26 Å². The Labute approximate surface area is 520 Å². The zero-order chi connectivity index (χ0) is 53.8. The fourth-order valence-corrected chi connectivity index (χ4v) is 10.5. The summed E-state index contributed by atoms with van der Waals surface area (Å²) in [5, 5.41) is 46.5. The average molecular weight is 1150 g/mol. The molecule has 0 amide bonds. The van der Waals surface area contributed by atoms with E-state index in [1.807, 2.05) is 42.5 Å². The van der Waals surface area contributed by atoms with Gasteiger partial charge in [-0.25, -0.2) is 43.6 Å². The first-order valence-corrected chi connectivity index (χ1v) is 27.5. The van der Waals surface area contributed by atoms with Crippen LogP contribution >= 0.6 is 23.4 Å². The van der Waals surface area contributed by atoms with Gasteiger partial charge in [-0.15, -0.1) is 15.3 Å². The van der Waals surface area contributed by atoms with E-state index in [-0.39, 0.29) is 148 Å². The number of nitrogens with zero attached hydrogens (tertiary/aromatic N) is 7. The van der Waals surface area contributed by atoms with Gasteiger partial charge in [0, 0.05) is 39.7 Å². The molecular weight excluding hydrogens is 1120 g/mol. The van der Waals surface area contributed by atoms with Crippen molar-refractivity contribution in [3.63, 3.8) is 0 Å². The molecule has 0 aliphatic rings. The molecule has 79 heavy (non-hydrogen) atoms. The predicted octanol–water partition coefficient (Wildman–Crippen LogP) is -6.83. The van der Waals surface area contributed by atoms with E-state index in [9.17, 15) is 62.4 Å². The van der Waals surface area contributed by atoms with E-state index < -0.39 is 61.0 Å². The maximum absolute atomic E-state index is 12.2. The third-order valence-corrected chi connectivity index (χ3v) is 15.2. The zero-order valence-electron chi connectivity index (χ0n) is 42.7. The van der Waals surface area contributed by atoms with Crippen LogP contribution in [0.15, 0.2) is 160 Å². The molecule has 8 aromatic rings. The molecule has 35 heteroatoms. The van der Waals surface area contributed by atoms with E-state index in [0.29, 0.717) is 39.6 Å². The SMILES string of the molecule is CN=Nc1nc(-c2ccc3ccccc3c2)c(N=Nc2cc(S(=O)(=O)[O-])c3cc(SOO[O-])cc(S(=O)(=O)[O-])c3c2)s1.Cc1c(Nc2ccc(S(=O)(=O)[O-])cc2)nc(Nc2ccc(S(=O)(=O)[O-])cc2)c(C#N)c1C.[Li+].[Li+].[Li+].[Li+].[Li+]. The molecule has 0 saturated heterocycles. The summed E-state index contributed by atoms with van der Waals surface area (Å²) in [6, 6.07) is 29.4. The number of nitriles is 1. The normalized spacial score (nSPS) is 11.5. The van der Waals surface area contributed by atoms with Gasteiger partial charge >= 0.3 is 94.3 Å². The van der Waals surface area contributed by atoms with Crippen molar-refractivity contribution >= 4 is 124 Å². The van der Waals surface area contributed by atoms with Crippen LogP contribution in [0.4, 0.5) is 38.8 Å². The summed E-state index contributed by atoms with van der Waals surface area (Å²) >= 11 is 1.23. The number of azo groups is 2. The van der Waals surface area contributed by atoms with Gasteiger partial charge in [0.1, 0.15) is 58.1 Å². The van der Waals surface area contributed by atoms with Gasteiger partial charge in [-0.1, -0.05) is 47.7 Å². The maximum atomic E-state index is 12.2. The second-order valence-corrected chi connectivity index (χ2v) is 22.2. The number of nitrogens with one attached hydrogen (secondary N) is 2. The van der Waals surface area contributed by atoms with Crippen molar-refractivity contribution in [3.05, 3.63) is 132 Å². The van der Waals surface area contributed by atoms with Crippen LogP contribution in [0.25, 0.3) is 32.8 Å². The van der Waals surface area contributed by atoms with Crippen molar-refractivity contribution in [2.24, 2.45) is 20.5 Å². The molecule has 0 fully saturated rings. The summed E-state index contributed by atoms with van der Waals surface area (Å²) in [5.74, 6) is 0.565. The van der Waals surface area contributed by atoms with E-state index in [0.717, 1.165) is 58.5 Å². The van der Waals surface area contributed by atoms with Crippen LogP contribution in [0, 0.1) is 25.2 Å². The summed E-state index contributed by atoms with van der Waals surface area (Å²) in [5.41, 5.74) is 3.24. The van der Waals surface area contributed by atoms with Crippen molar-refractivity contribution in [3.8, 4) is 17.3 Å². The molecule has 2 N–H and O–H groups in total.